The third-order valence-corrected chi connectivity index (χ3v) is 13.2. The van der Waals surface area contributed by atoms with Crippen LogP contribution >= 0.6 is 0 Å². The Balaban J connectivity index is 1.16. The molecular weight excluding hydrogens is 913 g/mol. The third-order valence-electron chi connectivity index (χ3n) is 13.2. The summed E-state index contributed by atoms with van der Waals surface area (Å²) >= 11 is 0. The van der Waals surface area contributed by atoms with Crippen LogP contribution in [0.1, 0.15) is 53.5 Å². The average molecular weight is 975 g/mol. The minimum absolute atomic E-state index is 0.000712. The number of benzene rings is 5. The maximum absolute atomic E-state index is 14.9. The van der Waals surface area contributed by atoms with Gasteiger partial charge in [-0.1, -0.05) is 121 Å². The van der Waals surface area contributed by atoms with Crippen LogP contribution in [0.25, 0.3) is 10.9 Å². The summed E-state index contributed by atoms with van der Waals surface area (Å²) in [5.41, 5.74) is 10.5. The molecule has 6 amide bonds. The monoisotopic (exact) mass is 974 g/mol. The molecule has 16 nitrogen and oxygen atoms in total. The van der Waals surface area contributed by atoms with Gasteiger partial charge in [0.25, 0.3) is 0 Å². The van der Waals surface area contributed by atoms with Crippen LogP contribution < -0.4 is 37.1 Å². The van der Waals surface area contributed by atoms with Gasteiger partial charge in [0, 0.05) is 55.7 Å². The minimum Gasteiger partial charge on any atom is -0.489 e. The van der Waals surface area contributed by atoms with Crippen molar-refractivity contribution in [1.29, 1.82) is 0 Å². The number of hydrogen-bond acceptors (Lipinski definition) is 9. The first-order valence-electron chi connectivity index (χ1n) is 24.6. The minimum atomic E-state index is -1.28. The van der Waals surface area contributed by atoms with Crippen molar-refractivity contribution in [3.63, 3.8) is 0 Å². The Hall–Kier alpha value is -7.82. The van der Waals surface area contributed by atoms with E-state index in [-0.39, 0.29) is 45.1 Å². The fourth-order valence-electron chi connectivity index (χ4n) is 9.37. The number of aliphatic hydroxyl groups excluding tert-OH is 1. The maximum atomic E-state index is 14.9. The number of rotatable bonds is 15. The molecule has 0 saturated carbocycles. The zero-order valence-electron chi connectivity index (χ0n) is 40.0. The quantitative estimate of drug-likeness (QED) is 0.0702. The lowest BCUT2D eigenvalue weighted by atomic mass is 9.99. The summed E-state index contributed by atoms with van der Waals surface area (Å²) in [7, 11) is 0. The maximum Gasteiger partial charge on any atom is 0.246 e. The summed E-state index contributed by atoms with van der Waals surface area (Å²) in [5.74, 6) is -3.44. The van der Waals surface area contributed by atoms with Crippen molar-refractivity contribution in [2.45, 2.75) is 100 Å². The number of H-pyrrole nitrogens is 1. The number of carbonyl (C=O) groups excluding carboxylic acids is 6. The van der Waals surface area contributed by atoms with Crippen LogP contribution in [0.4, 0.5) is 0 Å². The molecule has 7 atom stereocenters. The van der Waals surface area contributed by atoms with Crippen molar-refractivity contribution in [3.8, 4) is 5.75 Å². The lowest BCUT2D eigenvalue weighted by molar-refractivity contribution is -0.143. The number of amides is 6. The van der Waals surface area contributed by atoms with E-state index in [2.05, 4.69) is 31.6 Å². The Morgan fingerprint density at radius 2 is 1.01 bits per heavy atom. The molecule has 1 aromatic heterocycles. The number of unbranched alkanes of at least 4 members (excludes halogenated alkanes) is 1. The highest BCUT2D eigenvalue weighted by molar-refractivity contribution is 5.99. The zero-order valence-corrected chi connectivity index (χ0v) is 40.0. The first-order chi connectivity index (χ1) is 35.0. The highest BCUT2D eigenvalue weighted by Crippen LogP contribution is 2.23. The summed E-state index contributed by atoms with van der Waals surface area (Å²) in [6.45, 7) is 0.453. The molecule has 3 heterocycles. The molecule has 2 aliphatic rings. The molecule has 2 fully saturated rings. The van der Waals surface area contributed by atoms with E-state index in [4.69, 9.17) is 10.5 Å². The number of aromatic nitrogens is 1. The Bertz CT molecular complexity index is 2790. The van der Waals surface area contributed by atoms with Gasteiger partial charge < -0.3 is 52.0 Å². The zero-order chi connectivity index (χ0) is 50.4. The normalized spacial score (nSPS) is 22.4. The summed E-state index contributed by atoms with van der Waals surface area (Å²) in [6.07, 6.45) is 1.65. The van der Waals surface area contributed by atoms with Crippen molar-refractivity contribution in [2.75, 3.05) is 13.1 Å². The number of aliphatic hydroxyl groups is 1. The molecule has 0 aliphatic carbocycles. The number of carbonyl (C=O) groups is 6. The average Bonchev–Trinajstić information content (AvgIpc) is 4.00. The molecule has 8 rings (SSSR count). The second kappa shape index (κ2) is 24.3. The van der Waals surface area contributed by atoms with E-state index in [9.17, 15) is 33.9 Å². The van der Waals surface area contributed by atoms with Crippen LogP contribution in [0.15, 0.2) is 146 Å². The van der Waals surface area contributed by atoms with Crippen molar-refractivity contribution < 1.29 is 38.6 Å². The summed E-state index contributed by atoms with van der Waals surface area (Å²) in [5, 5.41) is 26.5. The number of hydrogen-bond donors (Lipinski definition) is 8. The molecule has 5 aromatic carbocycles. The number of aromatic amines is 1. The molecular formula is C56H62N8O8. The molecule has 16 heteroatoms. The van der Waals surface area contributed by atoms with Gasteiger partial charge >= 0.3 is 0 Å². The fraction of sp³-hybridized carbons (Fsp3) is 0.321. The molecule has 72 heavy (non-hydrogen) atoms. The summed E-state index contributed by atoms with van der Waals surface area (Å²) < 4.78 is 6.02. The molecule has 0 unspecified atom stereocenters. The first-order valence-corrected chi connectivity index (χ1v) is 24.6. The van der Waals surface area contributed by atoms with Crippen molar-refractivity contribution >= 4 is 46.3 Å². The largest absolute Gasteiger partial charge is 0.489 e. The molecule has 6 aromatic rings. The van der Waals surface area contributed by atoms with E-state index in [1.165, 1.54) is 4.90 Å². The SMILES string of the molecule is NCCCC[C@@H]1NC(=O)[C@@H](Cc2c[nH]c3ccccc23)NC(=O)[C@H](Cc2ccccc2)NC(=O)[C@@H]2C[C@@H](O)CN2C(=O)[C@H](Cc2ccccc2)NC(=O)[C@H](Cc2ccc(OCc3ccccc3)cc2)NC1=O. The number of nitrogens with one attached hydrogen (secondary N) is 6. The van der Waals surface area contributed by atoms with E-state index >= 15 is 0 Å². The van der Waals surface area contributed by atoms with E-state index in [0.717, 1.165) is 16.5 Å². The number of para-hydroxylation sites is 1. The Kier molecular flexibility index (Phi) is 17.1. The van der Waals surface area contributed by atoms with E-state index < -0.39 is 77.8 Å². The highest BCUT2D eigenvalue weighted by Gasteiger charge is 2.43. The van der Waals surface area contributed by atoms with Crippen LogP contribution in [-0.4, -0.2) is 106 Å². The van der Waals surface area contributed by atoms with Gasteiger partial charge in [-0.2, -0.15) is 0 Å². The van der Waals surface area contributed by atoms with Gasteiger partial charge in [0.05, 0.1) is 6.10 Å². The van der Waals surface area contributed by atoms with Crippen LogP contribution in [0.5, 0.6) is 5.75 Å². The van der Waals surface area contributed by atoms with E-state index in [1.807, 2.05) is 91.0 Å². The molecule has 0 radical (unpaired) electrons. The number of fused-ring (bicyclic) bond motifs is 2. The lowest BCUT2D eigenvalue weighted by Gasteiger charge is -2.32. The molecule has 0 bridgehead atoms. The molecule has 0 spiro atoms. The van der Waals surface area contributed by atoms with Gasteiger partial charge in [-0.05, 0) is 71.8 Å². The van der Waals surface area contributed by atoms with Gasteiger partial charge in [-0.3, -0.25) is 28.8 Å². The van der Waals surface area contributed by atoms with Crippen LogP contribution in [-0.2, 0) is 61.1 Å². The highest BCUT2D eigenvalue weighted by atomic mass is 16.5. The van der Waals surface area contributed by atoms with E-state index in [1.54, 1.807) is 54.7 Å². The van der Waals surface area contributed by atoms with Gasteiger partial charge in [-0.15, -0.1) is 0 Å². The van der Waals surface area contributed by atoms with Crippen molar-refractivity contribution in [3.05, 3.63) is 174 Å². The predicted molar refractivity (Wildman–Crippen MR) is 272 cm³/mol. The Morgan fingerprint density at radius 1 is 0.528 bits per heavy atom. The van der Waals surface area contributed by atoms with Crippen molar-refractivity contribution in [1.82, 2.24) is 36.5 Å². The fourth-order valence-corrected chi connectivity index (χ4v) is 9.37. The van der Waals surface area contributed by atoms with Crippen molar-refractivity contribution in [2.24, 2.45) is 5.73 Å². The third kappa shape index (κ3) is 13.3. The van der Waals surface area contributed by atoms with Gasteiger partial charge in [-0.25, -0.2) is 0 Å². The second-order valence-corrected chi connectivity index (χ2v) is 18.6. The van der Waals surface area contributed by atoms with Crippen LogP contribution in [0.3, 0.4) is 0 Å². The molecule has 2 saturated heterocycles. The Labute approximate surface area is 418 Å². The summed E-state index contributed by atoms with van der Waals surface area (Å²) in [4.78, 5) is 93.1. The Morgan fingerprint density at radius 3 is 1.62 bits per heavy atom. The topological polar surface area (TPSA) is 237 Å². The van der Waals surface area contributed by atoms with Crippen LogP contribution in [0.2, 0.25) is 0 Å². The summed E-state index contributed by atoms with van der Waals surface area (Å²) in [6, 6.07) is 35.0. The standard InChI is InChI=1S/C56H62N8O8/c57-27-13-12-22-45-51(66)60-46(29-38-23-25-42(26-24-38)72-35-39-18-8-3-9-19-39)53(68)63-49(30-37-16-6-2-7-17-37)56(71)64-34-41(65)32-50(64)55(70)62-47(28-36-14-4-1-5-15-36)52(67)61-48(54(69)59-45)31-40-33-58-44-21-11-10-20-43(40)44/h1-11,14-21,23-26,33,41,45-50,58,65H,12-13,22,27-32,34-35,57H2,(H,59,69)(H,60,66)(H,61,67)(H,62,70)(H,63,68)/t41-,45+,46+,47+,48-,49+,50+/m1/s1. The van der Waals surface area contributed by atoms with Gasteiger partial charge in [0.15, 0.2) is 0 Å². The molecule has 374 valence electrons. The number of nitrogens with two attached hydrogens (primary N) is 1. The number of nitrogens with zero attached hydrogens (tertiary/aromatic N) is 1. The van der Waals surface area contributed by atoms with Gasteiger partial charge in [0.2, 0.25) is 35.4 Å². The van der Waals surface area contributed by atoms with E-state index in [0.29, 0.717) is 54.0 Å². The number of ether oxygens (including phenoxy) is 1. The second-order valence-electron chi connectivity index (χ2n) is 18.6. The predicted octanol–water partition coefficient (Wildman–Crippen LogP) is 3.55. The smallest absolute Gasteiger partial charge is 0.246 e. The van der Waals surface area contributed by atoms with Gasteiger partial charge in [0.1, 0.15) is 48.6 Å². The molecule has 9 N–H and O–H groups in total. The first kappa shape index (κ1) is 50.6. The molecule has 2 aliphatic heterocycles. The lowest BCUT2D eigenvalue weighted by Crippen LogP contribution is -2.62. The van der Waals surface area contributed by atoms with Crippen LogP contribution in [0, 0.1) is 0 Å².